The summed E-state index contributed by atoms with van der Waals surface area (Å²) >= 11 is 0. The van der Waals surface area contributed by atoms with Crippen molar-refractivity contribution in [2.75, 3.05) is 12.3 Å². The van der Waals surface area contributed by atoms with Gasteiger partial charge in [0.05, 0.1) is 6.61 Å². The van der Waals surface area contributed by atoms with Gasteiger partial charge in [-0.1, -0.05) is 12.7 Å². The molecular weight excluding hydrogens is 254 g/mol. The van der Waals surface area contributed by atoms with E-state index in [0.29, 0.717) is 5.56 Å². The molecule has 0 radical (unpaired) electrons. The lowest BCUT2D eigenvalue weighted by Gasteiger charge is -2.17. The molecule has 0 unspecified atom stereocenters. The van der Waals surface area contributed by atoms with Gasteiger partial charge in [0.15, 0.2) is 6.23 Å². The number of aliphatic hydroxyl groups excluding tert-OH is 3. The van der Waals surface area contributed by atoms with Crippen LogP contribution in [0.4, 0.5) is 5.82 Å². The molecule has 0 amide bonds. The van der Waals surface area contributed by atoms with E-state index in [-0.39, 0.29) is 5.82 Å². The minimum atomic E-state index is -1.35. The van der Waals surface area contributed by atoms with Gasteiger partial charge >= 0.3 is 5.69 Å². The zero-order valence-electron chi connectivity index (χ0n) is 10.0. The summed E-state index contributed by atoms with van der Waals surface area (Å²) in [6.45, 7) is 3.05. The Kier molecular flexibility index (Phi) is 3.67. The molecule has 2 rings (SSSR count). The molecule has 0 bridgehead atoms. The van der Waals surface area contributed by atoms with Crippen molar-refractivity contribution < 1.29 is 20.1 Å². The molecule has 1 aromatic rings. The maximum absolute atomic E-state index is 11.7. The Balaban J connectivity index is 2.43. The fourth-order valence-corrected chi connectivity index (χ4v) is 1.95. The Labute approximate surface area is 108 Å². The van der Waals surface area contributed by atoms with Crippen LogP contribution in [0.5, 0.6) is 0 Å². The zero-order valence-corrected chi connectivity index (χ0v) is 10.0. The van der Waals surface area contributed by atoms with Crippen LogP contribution in [0.15, 0.2) is 17.6 Å². The summed E-state index contributed by atoms with van der Waals surface area (Å²) < 4.78 is 6.25. The maximum Gasteiger partial charge on any atom is 0.351 e. The summed E-state index contributed by atoms with van der Waals surface area (Å²) in [7, 11) is 0. The number of hydrogen-bond acceptors (Lipinski definition) is 7. The second-order valence-electron chi connectivity index (χ2n) is 4.20. The van der Waals surface area contributed by atoms with Crippen LogP contribution in [0.3, 0.4) is 0 Å². The Hall–Kier alpha value is -1.74. The molecule has 1 aliphatic heterocycles. The summed E-state index contributed by atoms with van der Waals surface area (Å²) in [6.07, 6.45) is -2.00. The van der Waals surface area contributed by atoms with E-state index in [1.54, 1.807) is 0 Å². The average Bonchev–Trinajstić information content (AvgIpc) is 2.67. The third-order valence-electron chi connectivity index (χ3n) is 3.02. The fourth-order valence-electron chi connectivity index (χ4n) is 1.95. The molecule has 8 heteroatoms. The lowest BCUT2D eigenvalue weighted by atomic mass is 10.1. The lowest BCUT2D eigenvalue weighted by Crippen LogP contribution is -2.36. The number of ether oxygens (including phenoxy) is 1. The molecule has 0 aromatic carbocycles. The normalized spacial score (nSPS) is 30.5. The summed E-state index contributed by atoms with van der Waals surface area (Å²) in [6, 6.07) is 0. The van der Waals surface area contributed by atoms with Crippen LogP contribution in [0.1, 0.15) is 11.8 Å². The quantitative estimate of drug-likeness (QED) is 0.503. The minimum Gasteiger partial charge on any atom is -0.394 e. The van der Waals surface area contributed by atoms with Crippen molar-refractivity contribution in [3.8, 4) is 0 Å². The van der Waals surface area contributed by atoms with Gasteiger partial charge in [-0.2, -0.15) is 4.98 Å². The highest BCUT2D eigenvalue weighted by Gasteiger charge is 2.43. The third kappa shape index (κ3) is 2.26. The third-order valence-corrected chi connectivity index (χ3v) is 3.02. The topological polar surface area (TPSA) is 131 Å². The van der Waals surface area contributed by atoms with Gasteiger partial charge in [-0.3, -0.25) is 4.57 Å². The highest BCUT2D eigenvalue weighted by molar-refractivity contribution is 5.57. The summed E-state index contributed by atoms with van der Waals surface area (Å²) in [5.41, 5.74) is 5.20. The first-order chi connectivity index (χ1) is 8.99. The molecule has 4 atom stereocenters. The van der Waals surface area contributed by atoms with Gasteiger partial charge in [-0.05, 0) is 0 Å². The molecule has 1 aliphatic rings. The van der Waals surface area contributed by atoms with E-state index in [2.05, 4.69) is 11.6 Å². The van der Waals surface area contributed by atoms with Crippen LogP contribution in [-0.2, 0) is 4.74 Å². The number of nitrogens with zero attached hydrogens (tertiary/aromatic N) is 2. The van der Waals surface area contributed by atoms with Gasteiger partial charge in [-0.25, -0.2) is 4.79 Å². The largest absolute Gasteiger partial charge is 0.394 e. The van der Waals surface area contributed by atoms with E-state index in [1.165, 1.54) is 12.3 Å². The number of nitrogens with two attached hydrogens (primary N) is 1. The van der Waals surface area contributed by atoms with Crippen LogP contribution in [0.25, 0.3) is 6.08 Å². The van der Waals surface area contributed by atoms with Crippen LogP contribution >= 0.6 is 0 Å². The van der Waals surface area contributed by atoms with Crippen LogP contribution in [0, 0.1) is 0 Å². The molecule has 8 nitrogen and oxygen atoms in total. The number of rotatable bonds is 3. The number of anilines is 1. The van der Waals surface area contributed by atoms with Gasteiger partial charge in [-0.15, -0.1) is 0 Å². The number of aliphatic hydroxyl groups is 3. The van der Waals surface area contributed by atoms with Crippen molar-refractivity contribution in [2.24, 2.45) is 0 Å². The zero-order chi connectivity index (χ0) is 14.2. The van der Waals surface area contributed by atoms with E-state index in [1.807, 2.05) is 0 Å². The van der Waals surface area contributed by atoms with Crippen molar-refractivity contribution in [1.82, 2.24) is 9.55 Å². The van der Waals surface area contributed by atoms with Gasteiger partial charge in [0.2, 0.25) is 0 Å². The Bertz CT molecular complexity index is 544. The molecule has 104 valence electrons. The van der Waals surface area contributed by atoms with Crippen molar-refractivity contribution in [3.63, 3.8) is 0 Å². The molecule has 0 aliphatic carbocycles. The predicted molar refractivity (Wildman–Crippen MR) is 66.0 cm³/mol. The number of hydrogen-bond donors (Lipinski definition) is 4. The van der Waals surface area contributed by atoms with Crippen LogP contribution in [0.2, 0.25) is 0 Å². The van der Waals surface area contributed by atoms with Gasteiger partial charge in [0.25, 0.3) is 0 Å². The van der Waals surface area contributed by atoms with E-state index in [0.717, 1.165) is 4.57 Å². The average molecular weight is 269 g/mol. The summed E-state index contributed by atoms with van der Waals surface area (Å²) in [4.78, 5) is 15.3. The smallest absolute Gasteiger partial charge is 0.351 e. The molecule has 5 N–H and O–H groups in total. The first-order valence-corrected chi connectivity index (χ1v) is 5.63. The van der Waals surface area contributed by atoms with Crippen LogP contribution in [-0.4, -0.2) is 49.8 Å². The molecule has 0 spiro atoms. The summed E-state index contributed by atoms with van der Waals surface area (Å²) in [5, 5.41) is 28.5. The standard InChI is InChI=1S/C11H15N3O5/c1-2-5-3-14(11(18)13-9(5)12)10-8(17)7(16)6(4-15)19-10/h2-3,6-8,10,15-17H,1,4H2,(H2,12,13,18)/t6-,7-,8-,10-/m1/s1. The molecule has 0 saturated carbocycles. The molecule has 1 saturated heterocycles. The maximum atomic E-state index is 11.7. The van der Waals surface area contributed by atoms with E-state index >= 15 is 0 Å². The van der Waals surface area contributed by atoms with Crippen molar-refractivity contribution in [2.45, 2.75) is 24.5 Å². The predicted octanol–water partition coefficient (Wildman–Crippen LogP) is -1.92. The van der Waals surface area contributed by atoms with Crippen molar-refractivity contribution >= 4 is 11.9 Å². The Morgan fingerprint density at radius 1 is 1.53 bits per heavy atom. The first-order valence-electron chi connectivity index (χ1n) is 5.63. The number of aromatic nitrogens is 2. The second-order valence-corrected chi connectivity index (χ2v) is 4.20. The number of nitrogen functional groups attached to an aromatic ring is 1. The fraction of sp³-hybridized carbons (Fsp3) is 0.455. The monoisotopic (exact) mass is 269 g/mol. The molecule has 19 heavy (non-hydrogen) atoms. The highest BCUT2D eigenvalue weighted by atomic mass is 16.6. The summed E-state index contributed by atoms with van der Waals surface area (Å²) in [5.74, 6) is 0.0167. The second kappa shape index (κ2) is 5.10. The molecule has 1 fully saturated rings. The minimum absolute atomic E-state index is 0.0167. The van der Waals surface area contributed by atoms with E-state index < -0.39 is 36.8 Å². The van der Waals surface area contributed by atoms with E-state index in [4.69, 9.17) is 15.6 Å². The SMILES string of the molecule is C=Cc1cn([C@@H]2O[C@H](CO)[C@@H](O)[C@H]2O)c(=O)nc1N. The van der Waals surface area contributed by atoms with E-state index in [9.17, 15) is 15.0 Å². The highest BCUT2D eigenvalue weighted by Crippen LogP contribution is 2.28. The first kappa shape index (κ1) is 13.7. The molecule has 1 aromatic heterocycles. The lowest BCUT2D eigenvalue weighted by molar-refractivity contribution is -0.0549. The van der Waals surface area contributed by atoms with Gasteiger partial charge in [0, 0.05) is 11.8 Å². The van der Waals surface area contributed by atoms with Crippen LogP contribution < -0.4 is 11.4 Å². The molecular formula is C11H15N3O5. The van der Waals surface area contributed by atoms with Gasteiger partial charge in [0.1, 0.15) is 24.1 Å². The van der Waals surface area contributed by atoms with Crippen molar-refractivity contribution in [3.05, 3.63) is 28.8 Å². The Morgan fingerprint density at radius 3 is 2.74 bits per heavy atom. The van der Waals surface area contributed by atoms with Crippen molar-refractivity contribution in [1.29, 1.82) is 0 Å². The molecule has 2 heterocycles. The van der Waals surface area contributed by atoms with Gasteiger partial charge < -0.3 is 25.8 Å². The Morgan fingerprint density at radius 2 is 2.21 bits per heavy atom.